The van der Waals surface area contributed by atoms with Gasteiger partial charge in [0.2, 0.25) is 0 Å². The fourth-order valence-electron chi connectivity index (χ4n) is 2.14. The van der Waals surface area contributed by atoms with E-state index in [1.807, 2.05) is 18.2 Å². The molecule has 0 amide bonds. The number of aromatic nitrogens is 2. The summed E-state index contributed by atoms with van der Waals surface area (Å²) in [6, 6.07) is 14.5. The van der Waals surface area contributed by atoms with Gasteiger partial charge in [-0.1, -0.05) is 48.6 Å². The van der Waals surface area contributed by atoms with E-state index in [4.69, 9.17) is 17.0 Å². The minimum Gasteiger partial charge on any atom is -0.491 e. The molecule has 0 atom stereocenters. The smallest absolute Gasteiger partial charge is 0.179 e. The minimum atomic E-state index is 0.462. The first-order chi connectivity index (χ1) is 9.29. The Hall–Kier alpha value is -2.20. The van der Waals surface area contributed by atoms with Crippen molar-refractivity contribution in [1.29, 1.82) is 0 Å². The Morgan fingerprint density at radius 2 is 1.89 bits per heavy atom. The number of methoxy groups -OCH3 is 1. The lowest BCUT2D eigenvalue weighted by atomic mass is 10.0. The van der Waals surface area contributed by atoms with Crippen LogP contribution in [0.15, 0.2) is 48.8 Å². The first-order valence-electron chi connectivity index (χ1n) is 5.90. The predicted molar refractivity (Wildman–Crippen MR) is 78.9 cm³/mol. The molecule has 0 aliphatic heterocycles. The van der Waals surface area contributed by atoms with E-state index in [2.05, 4.69) is 34.2 Å². The largest absolute Gasteiger partial charge is 0.491 e. The molecule has 0 aliphatic rings. The fraction of sp³-hybridized carbons (Fsp3) is 0.0667. The highest BCUT2D eigenvalue weighted by molar-refractivity contribution is 7.71. The summed E-state index contributed by atoms with van der Waals surface area (Å²) in [5, 5.41) is 2.39. The molecule has 3 aromatic rings. The number of H-pyrrole nitrogens is 1. The first-order valence-corrected chi connectivity index (χ1v) is 6.31. The van der Waals surface area contributed by atoms with E-state index in [1.165, 1.54) is 10.8 Å². The zero-order chi connectivity index (χ0) is 13.2. The molecule has 0 bridgehead atoms. The van der Waals surface area contributed by atoms with Gasteiger partial charge >= 0.3 is 0 Å². The average Bonchev–Trinajstić information content (AvgIpc) is 2.46. The lowest BCUT2D eigenvalue weighted by Gasteiger charge is -2.09. The van der Waals surface area contributed by atoms with Gasteiger partial charge < -0.3 is 9.72 Å². The quantitative estimate of drug-likeness (QED) is 0.715. The summed E-state index contributed by atoms with van der Waals surface area (Å²) in [5.41, 5.74) is 1.89. The van der Waals surface area contributed by atoms with Crippen LogP contribution in [0.4, 0.5) is 0 Å². The Labute approximate surface area is 115 Å². The highest BCUT2D eigenvalue weighted by Crippen LogP contribution is 2.29. The van der Waals surface area contributed by atoms with E-state index in [0.29, 0.717) is 10.4 Å². The number of benzene rings is 2. The number of hydrogen-bond donors (Lipinski definition) is 1. The van der Waals surface area contributed by atoms with Crippen LogP contribution in [0.3, 0.4) is 0 Å². The minimum absolute atomic E-state index is 0.462. The summed E-state index contributed by atoms with van der Waals surface area (Å²) < 4.78 is 5.81. The first kappa shape index (κ1) is 11.9. The van der Waals surface area contributed by atoms with Crippen LogP contribution in [0.5, 0.6) is 5.75 Å². The Balaban J connectivity index is 2.25. The number of rotatable bonds is 2. The molecule has 0 unspecified atom stereocenters. The lowest BCUT2D eigenvalue weighted by molar-refractivity contribution is 0.411. The second-order valence-corrected chi connectivity index (χ2v) is 4.56. The molecule has 3 rings (SSSR count). The highest BCUT2D eigenvalue weighted by Gasteiger charge is 2.08. The molecule has 2 aromatic carbocycles. The normalized spacial score (nSPS) is 10.6. The van der Waals surface area contributed by atoms with Crippen molar-refractivity contribution in [2.45, 2.75) is 0 Å². The number of aromatic amines is 1. The number of nitrogens with one attached hydrogen (secondary N) is 1. The van der Waals surface area contributed by atoms with Crippen molar-refractivity contribution in [2.24, 2.45) is 0 Å². The summed E-state index contributed by atoms with van der Waals surface area (Å²) >= 11 is 5.18. The molecule has 3 nitrogen and oxygen atoms in total. The standard InChI is InChI=1S/C15H12N2OS/c1-18-14-13(16-9-17-15(14)19)12-7-6-10-4-2-3-5-11(10)8-12/h2-9H,1H3,(H,16,17,19). The molecule has 0 spiro atoms. The van der Waals surface area contributed by atoms with Crippen LogP contribution in [-0.4, -0.2) is 17.1 Å². The van der Waals surface area contributed by atoms with Gasteiger partial charge in [0.1, 0.15) is 0 Å². The zero-order valence-electron chi connectivity index (χ0n) is 10.4. The molecule has 0 radical (unpaired) electrons. The topological polar surface area (TPSA) is 37.9 Å². The third-order valence-corrected chi connectivity index (χ3v) is 3.35. The Bertz CT molecular complexity index is 795. The van der Waals surface area contributed by atoms with Crippen molar-refractivity contribution < 1.29 is 4.74 Å². The molecule has 19 heavy (non-hydrogen) atoms. The molecule has 0 saturated heterocycles. The van der Waals surface area contributed by atoms with E-state index in [0.717, 1.165) is 11.3 Å². The van der Waals surface area contributed by atoms with Crippen molar-refractivity contribution in [1.82, 2.24) is 9.97 Å². The number of hydrogen-bond acceptors (Lipinski definition) is 3. The molecular formula is C15H12N2OS. The molecular weight excluding hydrogens is 256 g/mol. The maximum absolute atomic E-state index is 5.34. The van der Waals surface area contributed by atoms with E-state index in [-0.39, 0.29) is 0 Å². The molecule has 0 saturated carbocycles. The SMILES string of the molecule is COc1c(-c2ccc3ccccc3c2)[nH]cnc1=S. The molecule has 0 fully saturated rings. The van der Waals surface area contributed by atoms with Gasteiger partial charge in [-0.15, -0.1) is 0 Å². The van der Waals surface area contributed by atoms with Gasteiger partial charge in [0.15, 0.2) is 10.4 Å². The zero-order valence-corrected chi connectivity index (χ0v) is 11.2. The van der Waals surface area contributed by atoms with Crippen LogP contribution in [0.1, 0.15) is 0 Å². The van der Waals surface area contributed by atoms with Crippen LogP contribution >= 0.6 is 12.2 Å². The number of ether oxygens (including phenoxy) is 1. The van der Waals surface area contributed by atoms with Crippen LogP contribution in [-0.2, 0) is 0 Å². The third-order valence-electron chi connectivity index (χ3n) is 3.05. The van der Waals surface area contributed by atoms with Crippen molar-refractivity contribution in [3.05, 3.63) is 53.4 Å². The van der Waals surface area contributed by atoms with E-state index in [1.54, 1.807) is 13.4 Å². The Kier molecular flexibility index (Phi) is 3.01. The van der Waals surface area contributed by atoms with E-state index >= 15 is 0 Å². The van der Waals surface area contributed by atoms with Crippen LogP contribution in [0.25, 0.3) is 22.0 Å². The summed E-state index contributed by atoms with van der Waals surface area (Å²) in [6.07, 6.45) is 1.59. The van der Waals surface area contributed by atoms with Gasteiger partial charge in [0.25, 0.3) is 0 Å². The van der Waals surface area contributed by atoms with Gasteiger partial charge in [-0.25, -0.2) is 4.98 Å². The molecule has 0 aliphatic carbocycles. The summed E-state index contributed by atoms with van der Waals surface area (Å²) in [5.74, 6) is 0.604. The molecule has 4 heteroatoms. The van der Waals surface area contributed by atoms with Crippen LogP contribution < -0.4 is 4.74 Å². The van der Waals surface area contributed by atoms with Crippen molar-refractivity contribution in [2.75, 3.05) is 7.11 Å². The van der Waals surface area contributed by atoms with Crippen LogP contribution in [0, 0.1) is 4.64 Å². The summed E-state index contributed by atoms with van der Waals surface area (Å²) in [4.78, 5) is 7.14. The predicted octanol–water partition coefficient (Wildman–Crippen LogP) is 3.97. The summed E-state index contributed by atoms with van der Waals surface area (Å²) in [7, 11) is 1.60. The van der Waals surface area contributed by atoms with E-state index < -0.39 is 0 Å². The Morgan fingerprint density at radius 3 is 2.68 bits per heavy atom. The van der Waals surface area contributed by atoms with Gasteiger partial charge in [-0.2, -0.15) is 0 Å². The number of nitrogens with zero attached hydrogens (tertiary/aromatic N) is 1. The summed E-state index contributed by atoms with van der Waals surface area (Å²) in [6.45, 7) is 0. The maximum Gasteiger partial charge on any atom is 0.179 e. The van der Waals surface area contributed by atoms with Gasteiger partial charge in [0.05, 0.1) is 19.1 Å². The van der Waals surface area contributed by atoms with Crippen LogP contribution in [0.2, 0.25) is 0 Å². The number of fused-ring (bicyclic) bond motifs is 1. The average molecular weight is 268 g/mol. The second-order valence-electron chi connectivity index (χ2n) is 4.18. The molecule has 94 valence electrons. The second kappa shape index (κ2) is 4.82. The van der Waals surface area contributed by atoms with Gasteiger partial charge in [-0.05, 0) is 16.8 Å². The van der Waals surface area contributed by atoms with Crippen molar-refractivity contribution >= 4 is 23.0 Å². The third kappa shape index (κ3) is 2.11. The van der Waals surface area contributed by atoms with Gasteiger partial charge in [0, 0.05) is 5.56 Å². The fourth-order valence-corrected chi connectivity index (χ4v) is 2.37. The molecule has 1 heterocycles. The lowest BCUT2D eigenvalue weighted by Crippen LogP contribution is -1.94. The monoisotopic (exact) mass is 268 g/mol. The van der Waals surface area contributed by atoms with Crippen molar-refractivity contribution in [3.63, 3.8) is 0 Å². The molecule has 1 aromatic heterocycles. The van der Waals surface area contributed by atoms with Gasteiger partial charge in [-0.3, -0.25) is 0 Å². The Morgan fingerprint density at radius 1 is 1.11 bits per heavy atom. The van der Waals surface area contributed by atoms with Crippen molar-refractivity contribution in [3.8, 4) is 17.0 Å². The highest BCUT2D eigenvalue weighted by atomic mass is 32.1. The van der Waals surface area contributed by atoms with E-state index in [9.17, 15) is 0 Å². The maximum atomic E-state index is 5.34. The molecule has 1 N–H and O–H groups in total.